The molecule has 2 unspecified atom stereocenters. The molecule has 0 N–H and O–H groups in total. The molecule has 0 radical (unpaired) electrons. The van der Waals surface area contributed by atoms with Crippen molar-refractivity contribution in [2.24, 2.45) is 0 Å². The molecule has 4 heteroatoms. The second-order valence-corrected chi connectivity index (χ2v) is 5.42. The van der Waals surface area contributed by atoms with E-state index < -0.39 is 0 Å². The summed E-state index contributed by atoms with van der Waals surface area (Å²) < 4.78 is 0. The average Bonchev–Trinajstić information content (AvgIpc) is 2.27. The Balaban J connectivity index is 1.99. The maximum atomic E-state index is 12.0. The van der Waals surface area contributed by atoms with E-state index in [1.807, 2.05) is 4.90 Å². The first kappa shape index (κ1) is 12.6. The molecule has 2 fully saturated rings. The van der Waals surface area contributed by atoms with Crippen molar-refractivity contribution in [1.82, 2.24) is 9.80 Å². The zero-order chi connectivity index (χ0) is 12.4. The Bertz CT molecular complexity index is 317. The van der Waals surface area contributed by atoms with Gasteiger partial charge in [0.25, 0.3) is 0 Å². The zero-order valence-electron chi connectivity index (χ0n) is 10.8. The highest BCUT2D eigenvalue weighted by atomic mass is 16.2. The van der Waals surface area contributed by atoms with Crippen LogP contribution in [0.3, 0.4) is 0 Å². The van der Waals surface area contributed by atoms with E-state index in [9.17, 15) is 9.59 Å². The molecule has 2 heterocycles. The lowest BCUT2D eigenvalue weighted by Crippen LogP contribution is -2.60. The molecule has 2 rings (SSSR count). The van der Waals surface area contributed by atoms with Crippen LogP contribution < -0.4 is 0 Å². The molecule has 17 heavy (non-hydrogen) atoms. The van der Waals surface area contributed by atoms with Gasteiger partial charge in [0.15, 0.2) is 0 Å². The van der Waals surface area contributed by atoms with Gasteiger partial charge in [-0.05, 0) is 33.2 Å². The van der Waals surface area contributed by atoms with Gasteiger partial charge in [-0.25, -0.2) is 0 Å². The summed E-state index contributed by atoms with van der Waals surface area (Å²) in [5.74, 6) is -0.0245. The highest BCUT2D eigenvalue weighted by molar-refractivity contribution is 5.96. The molecule has 0 spiro atoms. The van der Waals surface area contributed by atoms with E-state index in [4.69, 9.17) is 0 Å². The van der Waals surface area contributed by atoms with E-state index in [-0.39, 0.29) is 24.2 Å². The molecule has 96 valence electrons. The largest absolute Gasteiger partial charge is 0.337 e. The summed E-state index contributed by atoms with van der Waals surface area (Å²) >= 11 is 0. The number of hydrogen-bond acceptors (Lipinski definition) is 3. The number of rotatable bonds is 2. The number of hydrogen-bond donors (Lipinski definition) is 0. The number of ketones is 1. The van der Waals surface area contributed by atoms with Crippen LogP contribution in [0.4, 0.5) is 0 Å². The van der Waals surface area contributed by atoms with Crippen LogP contribution in [0, 0.1) is 0 Å². The van der Waals surface area contributed by atoms with Crippen LogP contribution in [-0.2, 0) is 9.59 Å². The molecular formula is C13H22N2O2. The van der Waals surface area contributed by atoms with Crippen LogP contribution in [0.25, 0.3) is 0 Å². The molecule has 2 aliphatic heterocycles. The monoisotopic (exact) mass is 238 g/mol. The Morgan fingerprint density at radius 1 is 1.24 bits per heavy atom. The normalized spacial score (nSPS) is 29.9. The van der Waals surface area contributed by atoms with Gasteiger partial charge < -0.3 is 4.90 Å². The molecule has 0 aromatic carbocycles. The van der Waals surface area contributed by atoms with Crippen molar-refractivity contribution in [3.8, 4) is 0 Å². The maximum Gasteiger partial charge on any atom is 0.230 e. The fourth-order valence-electron chi connectivity index (χ4n) is 3.01. The summed E-state index contributed by atoms with van der Waals surface area (Å²) in [4.78, 5) is 27.4. The molecule has 2 atom stereocenters. The van der Waals surface area contributed by atoms with Gasteiger partial charge in [0.2, 0.25) is 5.91 Å². The van der Waals surface area contributed by atoms with Crippen LogP contribution in [0.5, 0.6) is 0 Å². The minimum Gasteiger partial charge on any atom is -0.337 e. The van der Waals surface area contributed by atoms with E-state index in [0.29, 0.717) is 6.04 Å². The number of piperazine rings is 1. The highest BCUT2D eigenvalue weighted by Crippen LogP contribution is 2.24. The number of piperidine rings is 1. The van der Waals surface area contributed by atoms with Crippen molar-refractivity contribution in [2.75, 3.05) is 19.6 Å². The van der Waals surface area contributed by atoms with E-state index in [1.165, 1.54) is 32.7 Å². The number of amides is 1. The summed E-state index contributed by atoms with van der Waals surface area (Å²) in [5.41, 5.74) is 0. The van der Waals surface area contributed by atoms with Crippen molar-refractivity contribution >= 4 is 11.7 Å². The number of carbonyl (C=O) groups is 2. The minimum atomic E-state index is -0.0340. The van der Waals surface area contributed by atoms with Crippen molar-refractivity contribution in [2.45, 2.75) is 51.6 Å². The van der Waals surface area contributed by atoms with E-state index in [1.54, 1.807) is 0 Å². The van der Waals surface area contributed by atoms with Crippen molar-refractivity contribution in [3.05, 3.63) is 0 Å². The third-order valence-corrected chi connectivity index (χ3v) is 3.91. The fraction of sp³-hybridized carbons (Fsp3) is 0.846. The molecule has 0 aliphatic carbocycles. The lowest BCUT2D eigenvalue weighted by molar-refractivity contribution is -0.140. The van der Waals surface area contributed by atoms with Crippen LogP contribution >= 0.6 is 0 Å². The molecule has 4 nitrogen and oxygen atoms in total. The number of Topliss-reactive ketones (excluding diaryl/α,β-unsaturated/α-hetero) is 1. The third kappa shape index (κ3) is 2.86. The Morgan fingerprint density at radius 2 is 2.00 bits per heavy atom. The standard InChI is InChI=1S/C13H22N2O2/c1-10-8-14-6-4-3-5-12(14)9-15(10)13(17)7-11(2)16/h10,12H,3-9H2,1-2H3. The first-order chi connectivity index (χ1) is 8.08. The van der Waals surface area contributed by atoms with Crippen LogP contribution in [0.15, 0.2) is 0 Å². The average molecular weight is 238 g/mol. The van der Waals surface area contributed by atoms with Gasteiger partial charge in [-0.1, -0.05) is 6.42 Å². The quantitative estimate of drug-likeness (QED) is 0.675. The molecule has 0 aromatic rings. The Labute approximate surface area is 103 Å². The van der Waals surface area contributed by atoms with Crippen molar-refractivity contribution < 1.29 is 9.59 Å². The number of carbonyl (C=O) groups excluding carboxylic acids is 2. The predicted octanol–water partition coefficient (Wildman–Crippen LogP) is 1.05. The first-order valence-corrected chi connectivity index (χ1v) is 6.61. The smallest absolute Gasteiger partial charge is 0.230 e. The van der Waals surface area contributed by atoms with Gasteiger partial charge in [-0.15, -0.1) is 0 Å². The molecule has 0 aromatic heterocycles. The van der Waals surface area contributed by atoms with Crippen molar-refractivity contribution in [3.63, 3.8) is 0 Å². The van der Waals surface area contributed by atoms with Crippen LogP contribution in [0.2, 0.25) is 0 Å². The van der Waals surface area contributed by atoms with Crippen molar-refractivity contribution in [1.29, 1.82) is 0 Å². The molecule has 0 saturated carbocycles. The number of fused-ring (bicyclic) bond motifs is 1. The van der Waals surface area contributed by atoms with Crippen LogP contribution in [-0.4, -0.2) is 53.2 Å². The molecule has 1 amide bonds. The Morgan fingerprint density at radius 3 is 2.71 bits per heavy atom. The van der Waals surface area contributed by atoms with E-state index in [0.717, 1.165) is 13.1 Å². The van der Waals surface area contributed by atoms with Gasteiger partial charge in [0.1, 0.15) is 5.78 Å². The van der Waals surface area contributed by atoms with Gasteiger partial charge >= 0.3 is 0 Å². The third-order valence-electron chi connectivity index (χ3n) is 3.91. The van der Waals surface area contributed by atoms with E-state index >= 15 is 0 Å². The molecular weight excluding hydrogens is 216 g/mol. The second kappa shape index (κ2) is 5.17. The van der Waals surface area contributed by atoms with Gasteiger partial charge in [0, 0.05) is 25.2 Å². The second-order valence-electron chi connectivity index (χ2n) is 5.42. The molecule has 2 saturated heterocycles. The van der Waals surface area contributed by atoms with Gasteiger partial charge in [-0.2, -0.15) is 0 Å². The first-order valence-electron chi connectivity index (χ1n) is 6.61. The summed E-state index contributed by atoms with van der Waals surface area (Å²) in [6.07, 6.45) is 3.81. The van der Waals surface area contributed by atoms with Gasteiger partial charge in [0.05, 0.1) is 6.42 Å². The zero-order valence-corrected chi connectivity index (χ0v) is 10.8. The lowest BCUT2D eigenvalue weighted by Gasteiger charge is -2.47. The van der Waals surface area contributed by atoms with Crippen LogP contribution in [0.1, 0.15) is 39.5 Å². The summed E-state index contributed by atoms with van der Waals surface area (Å²) in [5, 5.41) is 0. The predicted molar refractivity (Wildman–Crippen MR) is 65.7 cm³/mol. The van der Waals surface area contributed by atoms with E-state index in [2.05, 4.69) is 11.8 Å². The molecule has 0 bridgehead atoms. The Hall–Kier alpha value is -0.900. The highest BCUT2D eigenvalue weighted by Gasteiger charge is 2.35. The SMILES string of the molecule is CC(=O)CC(=O)N1CC2CCCCN2CC1C. The van der Waals surface area contributed by atoms with Gasteiger partial charge in [-0.3, -0.25) is 14.5 Å². The summed E-state index contributed by atoms with van der Waals surface area (Å²) in [6.45, 7) is 6.52. The number of nitrogens with zero attached hydrogens (tertiary/aromatic N) is 2. The maximum absolute atomic E-state index is 12.0. The Kier molecular flexibility index (Phi) is 3.82. The lowest BCUT2D eigenvalue weighted by atomic mass is 9.97. The minimum absolute atomic E-state index is 0.00947. The summed E-state index contributed by atoms with van der Waals surface area (Å²) in [7, 11) is 0. The fourth-order valence-corrected chi connectivity index (χ4v) is 3.01. The topological polar surface area (TPSA) is 40.6 Å². The molecule has 2 aliphatic rings. The summed E-state index contributed by atoms with van der Waals surface area (Å²) in [6, 6.07) is 0.770.